The summed E-state index contributed by atoms with van der Waals surface area (Å²) in [6.45, 7) is 2.45. The molecular weight excluding hydrogens is 404 g/mol. The maximum Gasteiger partial charge on any atom is 0.355 e. The van der Waals surface area contributed by atoms with Crippen molar-refractivity contribution in [2.75, 3.05) is 20.3 Å². The van der Waals surface area contributed by atoms with Gasteiger partial charge in [-0.15, -0.1) is 0 Å². The van der Waals surface area contributed by atoms with Gasteiger partial charge >= 0.3 is 5.97 Å². The Morgan fingerprint density at radius 1 is 1.20 bits per heavy atom. The van der Waals surface area contributed by atoms with Crippen LogP contribution in [0, 0.1) is 0 Å². The second-order valence-corrected chi connectivity index (χ2v) is 6.95. The van der Waals surface area contributed by atoms with Crippen LogP contribution in [-0.2, 0) is 16.0 Å². The Hall–Kier alpha value is -3.25. The Labute approximate surface area is 179 Å². The van der Waals surface area contributed by atoms with E-state index in [2.05, 4.69) is 10.3 Å². The highest BCUT2D eigenvalue weighted by atomic mass is 35.5. The zero-order valence-corrected chi connectivity index (χ0v) is 17.6. The predicted octanol–water partition coefficient (Wildman–Crippen LogP) is 4.38. The molecule has 0 aliphatic heterocycles. The number of benzene rings is 2. The van der Waals surface area contributed by atoms with Crippen LogP contribution in [0.5, 0.6) is 5.75 Å². The van der Waals surface area contributed by atoms with E-state index in [1.165, 1.54) is 6.08 Å². The third-order valence-corrected chi connectivity index (χ3v) is 4.80. The number of halogens is 1. The van der Waals surface area contributed by atoms with Crippen molar-refractivity contribution in [1.82, 2.24) is 10.3 Å². The van der Waals surface area contributed by atoms with Crippen molar-refractivity contribution in [1.29, 1.82) is 0 Å². The van der Waals surface area contributed by atoms with Gasteiger partial charge in [0.25, 0.3) is 0 Å². The van der Waals surface area contributed by atoms with Gasteiger partial charge in [-0.3, -0.25) is 4.79 Å². The highest BCUT2D eigenvalue weighted by Crippen LogP contribution is 2.27. The molecule has 0 aliphatic carbocycles. The number of aromatic nitrogens is 1. The lowest BCUT2D eigenvalue weighted by Crippen LogP contribution is -2.23. The van der Waals surface area contributed by atoms with E-state index in [9.17, 15) is 9.59 Å². The van der Waals surface area contributed by atoms with Crippen LogP contribution in [0.15, 0.2) is 48.5 Å². The number of para-hydroxylation sites is 1. The predicted molar refractivity (Wildman–Crippen MR) is 118 cm³/mol. The summed E-state index contributed by atoms with van der Waals surface area (Å²) in [6, 6.07) is 12.9. The number of H-pyrrole nitrogens is 1. The fraction of sp³-hybridized carbons (Fsp3) is 0.217. The third kappa shape index (κ3) is 5.02. The lowest BCUT2D eigenvalue weighted by Gasteiger charge is -2.08. The summed E-state index contributed by atoms with van der Waals surface area (Å²) >= 11 is 6.05. The summed E-state index contributed by atoms with van der Waals surface area (Å²) in [7, 11) is 1.62. The van der Waals surface area contributed by atoms with E-state index < -0.39 is 5.97 Å². The van der Waals surface area contributed by atoms with Crippen LogP contribution in [-0.4, -0.2) is 37.1 Å². The van der Waals surface area contributed by atoms with Crippen molar-refractivity contribution in [3.05, 3.63) is 70.4 Å². The Balaban J connectivity index is 1.73. The Morgan fingerprint density at radius 2 is 2.00 bits per heavy atom. The molecule has 1 amide bonds. The number of nitrogens with one attached hydrogen (secondary N) is 2. The molecule has 3 rings (SSSR count). The zero-order chi connectivity index (χ0) is 21.5. The molecule has 3 aromatic rings. The normalized spacial score (nSPS) is 11.0. The molecule has 1 aromatic heterocycles. The average molecular weight is 427 g/mol. The first-order chi connectivity index (χ1) is 14.5. The molecule has 0 atom stereocenters. The van der Waals surface area contributed by atoms with Gasteiger partial charge in [-0.05, 0) is 43.2 Å². The lowest BCUT2D eigenvalue weighted by atomic mass is 10.1. The molecule has 7 heteroatoms. The summed E-state index contributed by atoms with van der Waals surface area (Å²) in [5, 5.41) is 4.17. The van der Waals surface area contributed by atoms with Gasteiger partial charge in [-0.1, -0.05) is 35.9 Å². The quantitative estimate of drug-likeness (QED) is 0.414. The van der Waals surface area contributed by atoms with Gasteiger partial charge < -0.3 is 19.8 Å². The molecule has 2 N–H and O–H groups in total. The summed E-state index contributed by atoms with van der Waals surface area (Å²) < 4.78 is 10.4. The standard InChI is InChI=1S/C23H23ClN2O4/c1-3-30-23(28)22-18(17-9-8-16(24)14-19(17)26-22)10-11-21(27)25-13-12-15-6-4-5-7-20(15)29-2/h4-11,14,26H,3,12-13H2,1-2H3,(H,25,27)/b11-10+. The second kappa shape index (κ2) is 9.98. The number of ether oxygens (including phenoxy) is 2. The van der Waals surface area contributed by atoms with Crippen molar-refractivity contribution >= 4 is 40.5 Å². The first kappa shape index (κ1) is 21.5. The maximum atomic E-state index is 12.3. The van der Waals surface area contributed by atoms with E-state index in [0.29, 0.717) is 29.1 Å². The molecule has 0 saturated heterocycles. The van der Waals surface area contributed by atoms with Crippen LogP contribution in [0.25, 0.3) is 17.0 Å². The molecule has 1 heterocycles. The van der Waals surface area contributed by atoms with Crippen LogP contribution >= 0.6 is 11.6 Å². The first-order valence-corrected chi connectivity index (χ1v) is 9.97. The van der Waals surface area contributed by atoms with Crippen LogP contribution in [0.3, 0.4) is 0 Å². The van der Waals surface area contributed by atoms with Gasteiger partial charge in [-0.2, -0.15) is 0 Å². The molecule has 156 valence electrons. The Morgan fingerprint density at radius 3 is 2.77 bits per heavy atom. The van der Waals surface area contributed by atoms with Gasteiger partial charge in [0.05, 0.1) is 13.7 Å². The van der Waals surface area contributed by atoms with E-state index in [-0.39, 0.29) is 18.2 Å². The highest BCUT2D eigenvalue weighted by molar-refractivity contribution is 6.31. The van der Waals surface area contributed by atoms with E-state index in [4.69, 9.17) is 21.1 Å². The molecule has 0 spiro atoms. The topological polar surface area (TPSA) is 80.4 Å². The fourth-order valence-electron chi connectivity index (χ4n) is 3.18. The van der Waals surface area contributed by atoms with E-state index in [1.54, 1.807) is 38.3 Å². The Bertz CT molecular complexity index is 1090. The fourth-order valence-corrected chi connectivity index (χ4v) is 3.35. The molecule has 2 aromatic carbocycles. The van der Waals surface area contributed by atoms with E-state index in [0.717, 1.165) is 16.7 Å². The molecule has 0 fully saturated rings. The smallest absolute Gasteiger partial charge is 0.355 e. The number of aromatic amines is 1. The summed E-state index contributed by atoms with van der Waals surface area (Å²) in [4.78, 5) is 27.7. The molecule has 6 nitrogen and oxygen atoms in total. The minimum atomic E-state index is -0.485. The van der Waals surface area contributed by atoms with Crippen molar-refractivity contribution in [3.63, 3.8) is 0 Å². The van der Waals surface area contributed by atoms with Gasteiger partial charge in [-0.25, -0.2) is 4.79 Å². The van der Waals surface area contributed by atoms with Gasteiger partial charge in [0.2, 0.25) is 5.91 Å². The first-order valence-electron chi connectivity index (χ1n) is 9.59. The number of methoxy groups -OCH3 is 1. The van der Waals surface area contributed by atoms with Crippen molar-refractivity contribution in [3.8, 4) is 5.75 Å². The Kier molecular flexibility index (Phi) is 7.14. The second-order valence-electron chi connectivity index (χ2n) is 6.51. The molecule has 0 saturated carbocycles. The minimum Gasteiger partial charge on any atom is -0.496 e. The highest BCUT2D eigenvalue weighted by Gasteiger charge is 2.17. The number of rotatable bonds is 8. The maximum absolute atomic E-state index is 12.3. The third-order valence-electron chi connectivity index (χ3n) is 4.57. The van der Waals surface area contributed by atoms with Crippen molar-refractivity contribution in [2.24, 2.45) is 0 Å². The molecule has 0 bridgehead atoms. The number of hydrogen-bond donors (Lipinski definition) is 2. The van der Waals surface area contributed by atoms with Crippen molar-refractivity contribution in [2.45, 2.75) is 13.3 Å². The number of carbonyl (C=O) groups is 2. The van der Waals surface area contributed by atoms with Crippen LogP contribution < -0.4 is 10.1 Å². The molecular formula is C23H23ClN2O4. The number of esters is 1. The number of hydrogen-bond acceptors (Lipinski definition) is 4. The SMILES string of the molecule is CCOC(=O)c1[nH]c2cc(Cl)ccc2c1/C=C/C(=O)NCCc1ccccc1OC. The zero-order valence-electron chi connectivity index (χ0n) is 16.8. The summed E-state index contributed by atoms with van der Waals surface area (Å²) in [5.41, 5.74) is 2.58. The summed E-state index contributed by atoms with van der Waals surface area (Å²) in [6.07, 6.45) is 3.66. The van der Waals surface area contributed by atoms with E-state index >= 15 is 0 Å². The minimum absolute atomic E-state index is 0.252. The number of fused-ring (bicyclic) bond motifs is 1. The van der Waals surface area contributed by atoms with Crippen LogP contribution in [0.2, 0.25) is 5.02 Å². The van der Waals surface area contributed by atoms with Crippen LogP contribution in [0.4, 0.5) is 0 Å². The number of carbonyl (C=O) groups excluding carboxylic acids is 2. The molecule has 0 aliphatic rings. The summed E-state index contributed by atoms with van der Waals surface area (Å²) in [5.74, 6) is 0.0443. The van der Waals surface area contributed by atoms with E-state index in [1.807, 2.05) is 24.3 Å². The largest absolute Gasteiger partial charge is 0.496 e. The monoisotopic (exact) mass is 426 g/mol. The van der Waals surface area contributed by atoms with Gasteiger partial charge in [0, 0.05) is 34.1 Å². The molecule has 30 heavy (non-hydrogen) atoms. The van der Waals surface area contributed by atoms with Crippen molar-refractivity contribution < 1.29 is 19.1 Å². The van der Waals surface area contributed by atoms with Gasteiger partial charge in [0.1, 0.15) is 11.4 Å². The number of amides is 1. The van der Waals surface area contributed by atoms with Gasteiger partial charge in [0.15, 0.2) is 0 Å². The lowest BCUT2D eigenvalue weighted by molar-refractivity contribution is -0.116. The molecule has 0 radical (unpaired) electrons. The average Bonchev–Trinajstić information content (AvgIpc) is 3.10. The van der Waals surface area contributed by atoms with Crippen LogP contribution in [0.1, 0.15) is 28.5 Å². The molecule has 0 unspecified atom stereocenters.